The molecular formula is C16H26N2O. The van der Waals surface area contributed by atoms with Crippen molar-refractivity contribution in [2.24, 2.45) is 17.6 Å². The van der Waals surface area contributed by atoms with Crippen LogP contribution in [0, 0.1) is 11.8 Å². The lowest BCUT2D eigenvalue weighted by Gasteiger charge is -2.41. The van der Waals surface area contributed by atoms with Gasteiger partial charge in [0.15, 0.2) is 0 Å². The zero-order chi connectivity index (χ0) is 13.7. The van der Waals surface area contributed by atoms with E-state index in [4.69, 9.17) is 10.5 Å². The predicted octanol–water partition coefficient (Wildman–Crippen LogP) is 2.29. The highest BCUT2D eigenvalue weighted by Gasteiger charge is 2.30. The van der Waals surface area contributed by atoms with Crippen LogP contribution < -0.4 is 5.73 Å². The molecule has 0 aromatic heterocycles. The number of hydrogen-bond donors (Lipinski definition) is 1. The highest BCUT2D eigenvalue weighted by atomic mass is 16.5. The standard InChI is InChI=1S/C16H26N2O/c1-13-8-9-18(11-15(13)10-17)16(12-19-2)14-6-4-3-5-7-14/h3-7,13,15-16H,8-12,17H2,1-2H3. The molecule has 3 atom stereocenters. The highest BCUT2D eigenvalue weighted by molar-refractivity contribution is 5.19. The largest absolute Gasteiger partial charge is 0.383 e. The van der Waals surface area contributed by atoms with Gasteiger partial charge in [-0.2, -0.15) is 0 Å². The number of nitrogens with zero attached hydrogens (tertiary/aromatic N) is 1. The molecule has 1 aromatic rings. The molecule has 0 saturated carbocycles. The molecule has 2 rings (SSSR count). The Morgan fingerprint density at radius 3 is 2.74 bits per heavy atom. The van der Waals surface area contributed by atoms with Crippen molar-refractivity contribution in [2.45, 2.75) is 19.4 Å². The van der Waals surface area contributed by atoms with Gasteiger partial charge in [0.1, 0.15) is 0 Å². The maximum atomic E-state index is 5.91. The number of ether oxygens (including phenoxy) is 1. The first-order valence-corrected chi connectivity index (χ1v) is 7.24. The van der Waals surface area contributed by atoms with Crippen LogP contribution in [0.4, 0.5) is 0 Å². The minimum Gasteiger partial charge on any atom is -0.383 e. The molecule has 2 N–H and O–H groups in total. The van der Waals surface area contributed by atoms with Crippen LogP contribution in [0.25, 0.3) is 0 Å². The van der Waals surface area contributed by atoms with Crippen LogP contribution in [-0.4, -0.2) is 38.3 Å². The van der Waals surface area contributed by atoms with E-state index >= 15 is 0 Å². The molecule has 1 aliphatic heterocycles. The topological polar surface area (TPSA) is 38.5 Å². The van der Waals surface area contributed by atoms with E-state index in [1.165, 1.54) is 12.0 Å². The first-order chi connectivity index (χ1) is 9.26. The maximum absolute atomic E-state index is 5.91. The molecule has 1 saturated heterocycles. The van der Waals surface area contributed by atoms with E-state index in [-0.39, 0.29) is 0 Å². The van der Waals surface area contributed by atoms with E-state index in [2.05, 4.69) is 42.2 Å². The molecule has 0 spiro atoms. The number of piperidine rings is 1. The summed E-state index contributed by atoms with van der Waals surface area (Å²) in [4.78, 5) is 2.54. The summed E-state index contributed by atoms with van der Waals surface area (Å²) in [6.45, 7) is 6.08. The minimum atomic E-state index is 0.354. The van der Waals surface area contributed by atoms with Crippen LogP contribution in [0.3, 0.4) is 0 Å². The lowest BCUT2D eigenvalue weighted by atomic mass is 9.86. The Balaban J connectivity index is 2.11. The lowest BCUT2D eigenvalue weighted by molar-refractivity contribution is 0.0430. The summed E-state index contributed by atoms with van der Waals surface area (Å²) < 4.78 is 5.43. The molecule has 0 bridgehead atoms. The number of nitrogens with two attached hydrogens (primary N) is 1. The Bertz CT molecular complexity index is 368. The summed E-state index contributed by atoms with van der Waals surface area (Å²) in [5, 5.41) is 0. The molecule has 0 aliphatic carbocycles. The molecule has 1 aliphatic rings. The van der Waals surface area contributed by atoms with Crippen molar-refractivity contribution in [3.8, 4) is 0 Å². The van der Waals surface area contributed by atoms with Crippen molar-refractivity contribution in [1.82, 2.24) is 4.90 Å². The maximum Gasteiger partial charge on any atom is 0.0659 e. The SMILES string of the molecule is COCC(c1ccccc1)N1CCC(C)C(CN)C1. The van der Waals surface area contributed by atoms with E-state index in [1.54, 1.807) is 7.11 Å². The monoisotopic (exact) mass is 262 g/mol. The van der Waals surface area contributed by atoms with E-state index in [0.717, 1.165) is 32.2 Å². The van der Waals surface area contributed by atoms with Gasteiger partial charge in [0, 0.05) is 13.7 Å². The zero-order valence-electron chi connectivity index (χ0n) is 12.1. The van der Waals surface area contributed by atoms with Crippen molar-refractivity contribution in [2.75, 3.05) is 33.4 Å². The van der Waals surface area contributed by atoms with Gasteiger partial charge in [-0.3, -0.25) is 4.90 Å². The summed E-state index contributed by atoms with van der Waals surface area (Å²) in [5.74, 6) is 1.34. The van der Waals surface area contributed by atoms with Gasteiger partial charge in [-0.25, -0.2) is 0 Å². The average molecular weight is 262 g/mol. The third-order valence-corrected chi connectivity index (χ3v) is 4.40. The Morgan fingerprint density at radius 1 is 1.37 bits per heavy atom. The quantitative estimate of drug-likeness (QED) is 0.885. The predicted molar refractivity (Wildman–Crippen MR) is 79.0 cm³/mol. The third-order valence-electron chi connectivity index (χ3n) is 4.40. The second-order valence-electron chi connectivity index (χ2n) is 5.64. The normalized spacial score (nSPS) is 26.3. The lowest BCUT2D eigenvalue weighted by Crippen LogP contribution is -2.45. The van der Waals surface area contributed by atoms with Gasteiger partial charge < -0.3 is 10.5 Å². The van der Waals surface area contributed by atoms with Gasteiger partial charge in [-0.15, -0.1) is 0 Å². The summed E-state index contributed by atoms with van der Waals surface area (Å²) in [5.41, 5.74) is 7.25. The number of likely N-dealkylation sites (tertiary alicyclic amines) is 1. The zero-order valence-corrected chi connectivity index (χ0v) is 12.1. The van der Waals surface area contributed by atoms with Gasteiger partial charge in [0.25, 0.3) is 0 Å². The van der Waals surface area contributed by atoms with Gasteiger partial charge in [0.2, 0.25) is 0 Å². The Morgan fingerprint density at radius 2 is 2.11 bits per heavy atom. The third kappa shape index (κ3) is 3.56. The number of rotatable bonds is 5. The molecule has 1 fully saturated rings. The van der Waals surface area contributed by atoms with Crippen molar-refractivity contribution < 1.29 is 4.74 Å². The summed E-state index contributed by atoms with van der Waals surface area (Å²) >= 11 is 0. The Labute approximate surface area is 116 Å². The molecular weight excluding hydrogens is 236 g/mol. The smallest absolute Gasteiger partial charge is 0.0659 e. The van der Waals surface area contributed by atoms with Gasteiger partial charge in [-0.1, -0.05) is 37.3 Å². The Kier molecular flexibility index (Phi) is 5.37. The summed E-state index contributed by atoms with van der Waals surface area (Å²) in [6, 6.07) is 11.0. The van der Waals surface area contributed by atoms with E-state index < -0.39 is 0 Å². The molecule has 1 aromatic carbocycles. The Hall–Kier alpha value is -0.900. The van der Waals surface area contributed by atoms with Crippen LogP contribution in [-0.2, 0) is 4.74 Å². The number of methoxy groups -OCH3 is 1. The van der Waals surface area contributed by atoms with Crippen LogP contribution in [0.5, 0.6) is 0 Å². The molecule has 106 valence electrons. The molecule has 1 heterocycles. The summed E-state index contributed by atoms with van der Waals surface area (Å²) in [6.07, 6.45) is 1.23. The van der Waals surface area contributed by atoms with Crippen molar-refractivity contribution >= 4 is 0 Å². The van der Waals surface area contributed by atoms with Crippen molar-refractivity contribution in [1.29, 1.82) is 0 Å². The van der Waals surface area contributed by atoms with Gasteiger partial charge >= 0.3 is 0 Å². The van der Waals surface area contributed by atoms with E-state index in [1.807, 2.05) is 0 Å². The molecule has 19 heavy (non-hydrogen) atoms. The number of benzene rings is 1. The minimum absolute atomic E-state index is 0.354. The van der Waals surface area contributed by atoms with E-state index in [9.17, 15) is 0 Å². The first-order valence-electron chi connectivity index (χ1n) is 7.24. The highest BCUT2D eigenvalue weighted by Crippen LogP contribution is 2.29. The van der Waals surface area contributed by atoms with Crippen molar-refractivity contribution in [3.63, 3.8) is 0 Å². The molecule has 0 radical (unpaired) electrons. The molecule has 3 unspecified atom stereocenters. The van der Waals surface area contributed by atoms with Crippen LogP contribution in [0.2, 0.25) is 0 Å². The second kappa shape index (κ2) is 7.04. The van der Waals surface area contributed by atoms with Gasteiger partial charge in [0.05, 0.1) is 12.6 Å². The van der Waals surface area contributed by atoms with Crippen molar-refractivity contribution in [3.05, 3.63) is 35.9 Å². The van der Waals surface area contributed by atoms with Crippen LogP contribution >= 0.6 is 0 Å². The van der Waals surface area contributed by atoms with E-state index in [0.29, 0.717) is 12.0 Å². The molecule has 3 nitrogen and oxygen atoms in total. The number of hydrogen-bond acceptors (Lipinski definition) is 3. The molecule has 0 amide bonds. The van der Waals surface area contributed by atoms with Crippen LogP contribution in [0.1, 0.15) is 24.9 Å². The molecule has 3 heteroatoms. The van der Waals surface area contributed by atoms with Gasteiger partial charge in [-0.05, 0) is 36.9 Å². The van der Waals surface area contributed by atoms with Crippen LogP contribution in [0.15, 0.2) is 30.3 Å². The first kappa shape index (κ1) is 14.5. The summed E-state index contributed by atoms with van der Waals surface area (Å²) in [7, 11) is 1.78. The fourth-order valence-electron chi connectivity index (χ4n) is 3.01. The fraction of sp³-hybridized carbons (Fsp3) is 0.625. The average Bonchev–Trinajstić information content (AvgIpc) is 2.46. The fourth-order valence-corrected chi connectivity index (χ4v) is 3.01. The second-order valence-corrected chi connectivity index (χ2v) is 5.64.